The minimum atomic E-state index is -0.110. The van der Waals surface area contributed by atoms with Crippen molar-refractivity contribution < 1.29 is 4.79 Å². The summed E-state index contributed by atoms with van der Waals surface area (Å²) in [6.45, 7) is 10.4. The highest BCUT2D eigenvalue weighted by Gasteiger charge is 2.21. The summed E-state index contributed by atoms with van der Waals surface area (Å²) < 4.78 is 0. The molecular weight excluding hydrogens is 350 g/mol. The number of carbonyl (C=O) groups is 1. The normalized spacial score (nSPS) is 14.2. The highest BCUT2D eigenvalue weighted by atomic mass is 16.1. The molecule has 0 atom stereocenters. The number of benzene rings is 1. The Hall–Kier alpha value is -2.63. The third-order valence-electron chi connectivity index (χ3n) is 5.07. The average Bonchev–Trinajstić information content (AvgIpc) is 2.71. The average molecular weight is 382 g/mol. The molecule has 1 aromatic heterocycles. The Morgan fingerprint density at radius 1 is 1.04 bits per heavy atom. The number of aromatic nitrogens is 2. The van der Waals surface area contributed by atoms with Crippen molar-refractivity contribution in [3.63, 3.8) is 0 Å². The summed E-state index contributed by atoms with van der Waals surface area (Å²) in [6, 6.07) is 10.4. The number of hydrogen-bond acceptors (Lipinski definition) is 5. The van der Waals surface area contributed by atoms with E-state index in [1.807, 2.05) is 6.92 Å². The molecule has 0 bridgehead atoms. The molecule has 1 aliphatic rings. The Balaban J connectivity index is 1.63. The van der Waals surface area contributed by atoms with E-state index in [0.29, 0.717) is 18.2 Å². The monoisotopic (exact) mass is 381 g/mol. The standard InChI is InChI=1S/C22H31N5O/c1-4-5-6-10-23-21(28)20-16-18(3)24-22(25-20)27-13-11-26(12-14-27)19-9-7-8-17(2)15-19/h7-9,15-16H,4-6,10-14H2,1-3H3,(H,23,28). The third-order valence-corrected chi connectivity index (χ3v) is 5.07. The van der Waals surface area contributed by atoms with Crippen LogP contribution in [0.3, 0.4) is 0 Å². The van der Waals surface area contributed by atoms with Crippen LogP contribution in [0.25, 0.3) is 0 Å². The molecule has 28 heavy (non-hydrogen) atoms. The van der Waals surface area contributed by atoms with Crippen molar-refractivity contribution in [3.05, 3.63) is 47.3 Å². The summed E-state index contributed by atoms with van der Waals surface area (Å²) in [6.07, 6.45) is 3.26. The number of amides is 1. The Morgan fingerprint density at radius 3 is 2.50 bits per heavy atom. The van der Waals surface area contributed by atoms with E-state index in [-0.39, 0.29) is 5.91 Å². The lowest BCUT2D eigenvalue weighted by Crippen LogP contribution is -2.47. The van der Waals surface area contributed by atoms with Crippen molar-refractivity contribution in [2.45, 2.75) is 40.0 Å². The smallest absolute Gasteiger partial charge is 0.270 e. The molecule has 0 aliphatic carbocycles. The minimum absolute atomic E-state index is 0.110. The lowest BCUT2D eigenvalue weighted by molar-refractivity contribution is 0.0947. The van der Waals surface area contributed by atoms with Crippen LogP contribution in [0.15, 0.2) is 30.3 Å². The number of aryl methyl sites for hydroxylation is 2. The molecule has 1 saturated heterocycles. The van der Waals surface area contributed by atoms with Gasteiger partial charge in [0.1, 0.15) is 5.69 Å². The van der Waals surface area contributed by atoms with Gasteiger partial charge < -0.3 is 15.1 Å². The third kappa shape index (κ3) is 5.21. The zero-order valence-corrected chi connectivity index (χ0v) is 17.2. The molecule has 1 aliphatic heterocycles. The lowest BCUT2D eigenvalue weighted by atomic mass is 10.2. The van der Waals surface area contributed by atoms with Crippen molar-refractivity contribution in [1.29, 1.82) is 0 Å². The molecule has 6 nitrogen and oxygen atoms in total. The predicted octanol–water partition coefficient (Wildman–Crippen LogP) is 3.34. The topological polar surface area (TPSA) is 61.4 Å². The van der Waals surface area contributed by atoms with Crippen LogP contribution in [-0.2, 0) is 0 Å². The maximum Gasteiger partial charge on any atom is 0.270 e. The first-order valence-corrected chi connectivity index (χ1v) is 10.3. The Morgan fingerprint density at radius 2 is 1.79 bits per heavy atom. The van der Waals surface area contributed by atoms with Crippen LogP contribution in [0.5, 0.6) is 0 Å². The van der Waals surface area contributed by atoms with Gasteiger partial charge in [-0.3, -0.25) is 4.79 Å². The van der Waals surface area contributed by atoms with Gasteiger partial charge in [-0.05, 0) is 44.0 Å². The van der Waals surface area contributed by atoms with Crippen LogP contribution in [0.2, 0.25) is 0 Å². The van der Waals surface area contributed by atoms with Crippen LogP contribution in [0.1, 0.15) is 47.9 Å². The quantitative estimate of drug-likeness (QED) is 0.746. The molecule has 6 heteroatoms. The SMILES string of the molecule is CCCCCNC(=O)c1cc(C)nc(N2CCN(c3cccc(C)c3)CC2)n1. The van der Waals surface area contributed by atoms with E-state index in [2.05, 4.69) is 63.2 Å². The van der Waals surface area contributed by atoms with E-state index < -0.39 is 0 Å². The van der Waals surface area contributed by atoms with Crippen LogP contribution in [0.4, 0.5) is 11.6 Å². The molecule has 0 radical (unpaired) electrons. The van der Waals surface area contributed by atoms with E-state index >= 15 is 0 Å². The first-order valence-electron chi connectivity index (χ1n) is 10.3. The van der Waals surface area contributed by atoms with Crippen LogP contribution >= 0.6 is 0 Å². The summed E-state index contributed by atoms with van der Waals surface area (Å²) in [5.74, 6) is 0.545. The number of anilines is 2. The van der Waals surface area contributed by atoms with Gasteiger partial charge in [0.2, 0.25) is 5.95 Å². The van der Waals surface area contributed by atoms with Gasteiger partial charge in [-0.2, -0.15) is 0 Å². The number of rotatable bonds is 7. The Labute approximate surface area is 168 Å². The second kappa shape index (κ2) is 9.53. The molecule has 1 aromatic carbocycles. The molecule has 150 valence electrons. The van der Waals surface area contributed by atoms with Gasteiger partial charge in [0.05, 0.1) is 0 Å². The van der Waals surface area contributed by atoms with Gasteiger partial charge in [-0.15, -0.1) is 0 Å². The van der Waals surface area contributed by atoms with E-state index in [4.69, 9.17) is 0 Å². The fourth-order valence-corrected chi connectivity index (χ4v) is 3.47. The first-order chi connectivity index (χ1) is 13.6. The maximum atomic E-state index is 12.4. The van der Waals surface area contributed by atoms with Crippen molar-refractivity contribution in [3.8, 4) is 0 Å². The Bertz CT molecular complexity index is 799. The summed E-state index contributed by atoms with van der Waals surface area (Å²) in [5.41, 5.74) is 3.82. The number of nitrogens with one attached hydrogen (secondary N) is 1. The molecule has 1 amide bonds. The van der Waals surface area contributed by atoms with Crippen molar-refractivity contribution in [1.82, 2.24) is 15.3 Å². The fraction of sp³-hybridized carbons (Fsp3) is 0.500. The first kappa shape index (κ1) is 20.1. The summed E-state index contributed by atoms with van der Waals surface area (Å²) >= 11 is 0. The largest absolute Gasteiger partial charge is 0.368 e. The van der Waals surface area contributed by atoms with E-state index in [1.165, 1.54) is 11.3 Å². The predicted molar refractivity (Wildman–Crippen MR) is 114 cm³/mol. The zero-order valence-electron chi connectivity index (χ0n) is 17.2. The van der Waals surface area contributed by atoms with Crippen molar-refractivity contribution in [2.75, 3.05) is 42.5 Å². The molecular formula is C22H31N5O. The van der Waals surface area contributed by atoms with Gasteiger partial charge in [-0.25, -0.2) is 9.97 Å². The molecule has 3 rings (SSSR count). The van der Waals surface area contributed by atoms with Gasteiger partial charge in [0.15, 0.2) is 0 Å². The summed E-state index contributed by atoms with van der Waals surface area (Å²) in [5, 5.41) is 2.97. The fourth-order valence-electron chi connectivity index (χ4n) is 3.47. The van der Waals surface area contributed by atoms with Gasteiger partial charge in [0.25, 0.3) is 5.91 Å². The molecule has 1 N–H and O–H groups in total. The molecule has 0 saturated carbocycles. The highest BCUT2D eigenvalue weighted by molar-refractivity contribution is 5.92. The Kier molecular flexibility index (Phi) is 6.85. The summed E-state index contributed by atoms with van der Waals surface area (Å²) in [7, 11) is 0. The number of piperazine rings is 1. The number of nitrogens with zero attached hydrogens (tertiary/aromatic N) is 4. The molecule has 2 heterocycles. The molecule has 0 unspecified atom stereocenters. The van der Waals surface area contributed by atoms with Crippen molar-refractivity contribution in [2.24, 2.45) is 0 Å². The van der Waals surface area contributed by atoms with E-state index in [9.17, 15) is 4.79 Å². The number of unbranched alkanes of at least 4 members (excludes halogenated alkanes) is 2. The maximum absolute atomic E-state index is 12.4. The van der Waals surface area contributed by atoms with Crippen molar-refractivity contribution >= 4 is 17.5 Å². The molecule has 1 fully saturated rings. The van der Waals surface area contributed by atoms with E-state index in [0.717, 1.165) is 51.1 Å². The second-order valence-electron chi connectivity index (χ2n) is 7.47. The lowest BCUT2D eigenvalue weighted by Gasteiger charge is -2.36. The molecule has 2 aromatic rings. The van der Waals surface area contributed by atoms with Crippen LogP contribution in [0, 0.1) is 13.8 Å². The minimum Gasteiger partial charge on any atom is -0.368 e. The number of hydrogen-bond donors (Lipinski definition) is 1. The van der Waals surface area contributed by atoms with Gasteiger partial charge in [-0.1, -0.05) is 31.9 Å². The van der Waals surface area contributed by atoms with Crippen LogP contribution < -0.4 is 15.1 Å². The highest BCUT2D eigenvalue weighted by Crippen LogP contribution is 2.20. The van der Waals surface area contributed by atoms with E-state index in [1.54, 1.807) is 6.07 Å². The van der Waals surface area contributed by atoms with Crippen LogP contribution in [-0.4, -0.2) is 48.6 Å². The second-order valence-corrected chi connectivity index (χ2v) is 7.47. The summed E-state index contributed by atoms with van der Waals surface area (Å²) in [4.78, 5) is 26.1. The van der Waals surface area contributed by atoms with Gasteiger partial charge >= 0.3 is 0 Å². The zero-order chi connectivity index (χ0) is 19.9. The van der Waals surface area contributed by atoms with Gasteiger partial charge in [0, 0.05) is 44.1 Å². The molecule has 0 spiro atoms. The number of carbonyl (C=O) groups excluding carboxylic acids is 1.